The molecule has 0 aromatic heterocycles. The molecule has 4 nitrogen and oxygen atoms in total. The van der Waals surface area contributed by atoms with Crippen molar-refractivity contribution in [1.82, 2.24) is 0 Å². The van der Waals surface area contributed by atoms with Crippen LogP contribution >= 0.6 is 7.82 Å². The van der Waals surface area contributed by atoms with Crippen molar-refractivity contribution in [2.75, 3.05) is 0 Å². The number of rotatable bonds is 0. The van der Waals surface area contributed by atoms with Crippen LogP contribution in [-0.2, 0) is 21.6 Å². The molecule has 0 fully saturated rings. The second-order valence-corrected chi connectivity index (χ2v) is 1.54. The molecule has 0 saturated heterocycles. The fraction of sp³-hybridized carbons (Fsp3) is 0. The van der Waals surface area contributed by atoms with Crippen molar-refractivity contribution in [3.8, 4) is 0 Å². The molecule has 0 atom stereocenters. The zero-order chi connectivity index (χ0) is 4.50. The van der Waals surface area contributed by atoms with Crippen LogP contribution < -0.4 is 0 Å². The summed E-state index contributed by atoms with van der Waals surface area (Å²) in [7, 11) is -4.64. The third kappa shape index (κ3) is 86.6. The summed E-state index contributed by atoms with van der Waals surface area (Å²) in [6, 6.07) is 0. The van der Waals surface area contributed by atoms with Gasteiger partial charge in [0.2, 0.25) is 0 Å². The van der Waals surface area contributed by atoms with E-state index in [4.69, 9.17) is 19.2 Å². The fourth-order valence-corrected chi connectivity index (χ4v) is 0. The van der Waals surface area contributed by atoms with Crippen LogP contribution in [0.5, 0.6) is 0 Å². The van der Waals surface area contributed by atoms with Crippen LogP contribution in [0.4, 0.5) is 0 Å². The van der Waals surface area contributed by atoms with Gasteiger partial charge in [0, 0.05) is 17.1 Å². The van der Waals surface area contributed by atoms with Crippen molar-refractivity contribution < 1.29 is 36.3 Å². The Bertz CT molecular complexity index is 62.2. The number of hydrogen-bond acceptors (Lipinski definition) is 1. The van der Waals surface area contributed by atoms with Crippen molar-refractivity contribution in [2.45, 2.75) is 0 Å². The van der Waals surface area contributed by atoms with Crippen LogP contribution in [0.25, 0.3) is 0 Å². The molecule has 8 heteroatoms. The van der Waals surface area contributed by atoms with Gasteiger partial charge >= 0.3 is 56.2 Å². The second kappa shape index (κ2) is 9.23. The predicted molar refractivity (Wildman–Crippen MR) is 28.6 cm³/mol. The van der Waals surface area contributed by atoms with E-state index in [1.807, 2.05) is 0 Å². The zero-order valence-electron chi connectivity index (χ0n) is 2.58. The van der Waals surface area contributed by atoms with Gasteiger partial charge in [-0.25, -0.2) is 4.57 Å². The number of phosphoric acid groups is 1. The van der Waals surface area contributed by atoms with Gasteiger partial charge in [-0.3, -0.25) is 0 Å². The average molecular weight is 185 g/mol. The summed E-state index contributed by atoms with van der Waals surface area (Å²) >= 11 is 0. The monoisotopic (exact) mass is 185 g/mol. The third-order valence-electron chi connectivity index (χ3n) is 0. The van der Waals surface area contributed by atoms with E-state index in [0.717, 1.165) is 0 Å². The minimum absolute atomic E-state index is 0. The first-order chi connectivity index (χ1) is 2.00. The summed E-state index contributed by atoms with van der Waals surface area (Å²) in [5.74, 6) is 0. The molecule has 3 N–H and O–H groups in total. The second-order valence-electron chi connectivity index (χ2n) is 0.513. The molecule has 0 saturated carbocycles. The summed E-state index contributed by atoms with van der Waals surface area (Å²) < 4.78 is 8.88. The molecule has 0 aliphatic heterocycles. The van der Waals surface area contributed by atoms with E-state index in [-0.39, 0.29) is 65.5 Å². The van der Waals surface area contributed by atoms with E-state index in [0.29, 0.717) is 0 Å². The van der Waals surface area contributed by atoms with E-state index < -0.39 is 7.82 Å². The first-order valence-electron chi connectivity index (χ1n) is 0.783. The summed E-state index contributed by atoms with van der Waals surface area (Å²) in [5.41, 5.74) is 0. The SMILES string of the molecule is O=P(O)(O)O.[LiH].[Mn].[NaH]. The van der Waals surface area contributed by atoms with Crippen molar-refractivity contribution in [3.63, 3.8) is 0 Å². The molecule has 8 heavy (non-hydrogen) atoms. The fourth-order valence-electron chi connectivity index (χ4n) is 0. The molecular weight excluding hydrogens is 180 g/mol. The molecule has 0 rings (SSSR count). The van der Waals surface area contributed by atoms with Crippen LogP contribution in [0.15, 0.2) is 0 Å². The van der Waals surface area contributed by atoms with Gasteiger partial charge in [-0.1, -0.05) is 0 Å². The Balaban J connectivity index is -0.0000000267. The van der Waals surface area contributed by atoms with E-state index >= 15 is 0 Å². The Kier molecular flexibility index (Phi) is 25.9. The van der Waals surface area contributed by atoms with Gasteiger partial charge in [-0.05, 0) is 0 Å². The molecule has 0 aliphatic carbocycles. The van der Waals surface area contributed by atoms with E-state index in [1.54, 1.807) is 0 Å². The Hall–Kier alpha value is 2.23. The predicted octanol–water partition coefficient (Wildman–Crippen LogP) is -2.23. The molecule has 0 heterocycles. The first-order valence-corrected chi connectivity index (χ1v) is 2.35. The Labute approximate surface area is 91.6 Å². The van der Waals surface area contributed by atoms with Gasteiger partial charge in [0.25, 0.3) is 0 Å². The quantitative estimate of drug-likeness (QED) is 0.295. The Morgan fingerprint density at radius 2 is 1.12 bits per heavy atom. The van der Waals surface area contributed by atoms with Crippen LogP contribution in [-0.4, -0.2) is 63.1 Å². The maximum absolute atomic E-state index is 8.88. The van der Waals surface area contributed by atoms with Crippen molar-refractivity contribution in [1.29, 1.82) is 0 Å². The van der Waals surface area contributed by atoms with E-state index in [9.17, 15) is 0 Å². The van der Waals surface area contributed by atoms with Crippen molar-refractivity contribution in [2.24, 2.45) is 0 Å². The molecule has 1 radical (unpaired) electrons. The molecule has 43 valence electrons. The van der Waals surface area contributed by atoms with Gasteiger partial charge in [0.05, 0.1) is 0 Å². The van der Waals surface area contributed by atoms with Gasteiger partial charge in [0.15, 0.2) is 0 Å². The first kappa shape index (κ1) is 22.5. The Morgan fingerprint density at radius 1 is 1.12 bits per heavy atom. The summed E-state index contributed by atoms with van der Waals surface area (Å²) in [6.07, 6.45) is 0. The molecule has 0 unspecified atom stereocenters. The molecule has 0 amide bonds. The van der Waals surface area contributed by atoms with Gasteiger partial charge in [-0.15, -0.1) is 0 Å². The molecular formula is H5LiMnNaO4P. The molecule has 0 aliphatic rings. The maximum atomic E-state index is 8.88. The van der Waals surface area contributed by atoms with Gasteiger partial charge < -0.3 is 14.7 Å². The van der Waals surface area contributed by atoms with Gasteiger partial charge in [-0.2, -0.15) is 0 Å². The molecule has 0 bridgehead atoms. The molecule has 0 aromatic rings. The minimum atomic E-state index is -4.64. The molecule has 0 spiro atoms. The summed E-state index contributed by atoms with van der Waals surface area (Å²) in [5, 5.41) is 0. The topological polar surface area (TPSA) is 77.8 Å². The molecule has 0 aromatic carbocycles. The van der Waals surface area contributed by atoms with Crippen LogP contribution in [0.3, 0.4) is 0 Å². The third-order valence-corrected chi connectivity index (χ3v) is 0. The van der Waals surface area contributed by atoms with E-state index in [1.165, 1.54) is 0 Å². The summed E-state index contributed by atoms with van der Waals surface area (Å²) in [4.78, 5) is 21.6. The van der Waals surface area contributed by atoms with Crippen LogP contribution in [0, 0.1) is 0 Å². The zero-order valence-corrected chi connectivity index (χ0v) is 4.65. The van der Waals surface area contributed by atoms with E-state index in [2.05, 4.69) is 0 Å². The van der Waals surface area contributed by atoms with Crippen molar-refractivity contribution >= 4 is 56.2 Å². The van der Waals surface area contributed by atoms with Crippen LogP contribution in [0.1, 0.15) is 0 Å². The van der Waals surface area contributed by atoms with Crippen LogP contribution in [0.2, 0.25) is 0 Å². The van der Waals surface area contributed by atoms with Gasteiger partial charge in [0.1, 0.15) is 0 Å². The summed E-state index contributed by atoms with van der Waals surface area (Å²) in [6.45, 7) is 0. The number of hydrogen-bond donors (Lipinski definition) is 3. The Morgan fingerprint density at radius 3 is 1.12 bits per heavy atom. The normalized spacial score (nSPS) is 7.38. The standard InChI is InChI=1S/Li.Mn.Na.H3O4P.2H/c;;;1-5(2,3)4;;/h;;;(H3,1,2,3,4);;. The average Bonchev–Trinajstić information content (AvgIpc) is 0.722. The van der Waals surface area contributed by atoms with Crippen molar-refractivity contribution in [3.05, 3.63) is 0 Å².